The Labute approximate surface area is 151 Å². The van der Waals surface area contributed by atoms with E-state index in [-0.39, 0.29) is 18.7 Å². The molecule has 0 spiro atoms. The minimum Gasteiger partial charge on any atom is -0.462 e. The molecule has 1 heterocycles. The number of para-hydroxylation sites is 2. The second kappa shape index (κ2) is 8.31. The number of ether oxygens (including phenoxy) is 1. The summed E-state index contributed by atoms with van der Waals surface area (Å²) in [6.45, 7) is 2.27. The Morgan fingerprint density at radius 1 is 1.23 bits per heavy atom. The van der Waals surface area contributed by atoms with Crippen LogP contribution >= 0.6 is 0 Å². The van der Waals surface area contributed by atoms with Gasteiger partial charge in [0.2, 0.25) is 0 Å². The molecule has 0 saturated heterocycles. The van der Waals surface area contributed by atoms with Crippen LogP contribution in [-0.2, 0) is 9.53 Å². The van der Waals surface area contributed by atoms with Crippen LogP contribution in [0.1, 0.15) is 24.4 Å². The van der Waals surface area contributed by atoms with Crippen molar-refractivity contribution >= 4 is 22.6 Å². The molecule has 3 rings (SSSR count). The number of nitrogens with one attached hydrogen (secondary N) is 2. The number of aliphatic hydroxyl groups excluding tert-OH is 1. The summed E-state index contributed by atoms with van der Waals surface area (Å²) in [6.07, 6.45) is 0.841. The van der Waals surface area contributed by atoms with Gasteiger partial charge in [0.1, 0.15) is 11.4 Å². The van der Waals surface area contributed by atoms with E-state index in [0.29, 0.717) is 5.82 Å². The van der Waals surface area contributed by atoms with Crippen LogP contribution in [0.3, 0.4) is 0 Å². The van der Waals surface area contributed by atoms with Gasteiger partial charge in [0, 0.05) is 12.7 Å². The highest BCUT2D eigenvalue weighted by atomic mass is 16.5. The molecule has 0 saturated carbocycles. The van der Waals surface area contributed by atoms with E-state index < -0.39 is 12.1 Å². The number of aromatic amines is 1. The molecule has 134 valence electrons. The van der Waals surface area contributed by atoms with Crippen LogP contribution in [0, 0.1) is 0 Å². The molecule has 0 aliphatic rings. The van der Waals surface area contributed by atoms with Gasteiger partial charge in [-0.15, -0.1) is 0 Å². The van der Waals surface area contributed by atoms with Crippen LogP contribution in [0.15, 0.2) is 60.8 Å². The highest BCUT2D eigenvalue weighted by molar-refractivity contribution is 6.15. The molecule has 0 fully saturated rings. The van der Waals surface area contributed by atoms with E-state index in [9.17, 15) is 9.90 Å². The van der Waals surface area contributed by atoms with E-state index in [4.69, 9.17) is 4.74 Å². The second-order valence-corrected chi connectivity index (χ2v) is 5.72. The monoisotopic (exact) mass is 351 g/mol. The number of fused-ring (bicyclic) bond motifs is 1. The van der Waals surface area contributed by atoms with Crippen molar-refractivity contribution in [3.05, 3.63) is 72.2 Å². The van der Waals surface area contributed by atoms with Gasteiger partial charge in [0.05, 0.1) is 23.7 Å². The van der Waals surface area contributed by atoms with E-state index in [1.807, 2.05) is 54.6 Å². The summed E-state index contributed by atoms with van der Waals surface area (Å²) < 4.78 is 5.13. The summed E-state index contributed by atoms with van der Waals surface area (Å²) in [5.41, 5.74) is 2.68. The normalized spacial score (nSPS) is 12.8. The fourth-order valence-corrected chi connectivity index (χ4v) is 2.58. The van der Waals surface area contributed by atoms with Gasteiger partial charge >= 0.3 is 5.97 Å². The highest BCUT2D eigenvalue weighted by Crippen LogP contribution is 2.18. The fraction of sp³-hybridized carbons (Fsp3) is 0.200. The summed E-state index contributed by atoms with van der Waals surface area (Å²) in [7, 11) is 0. The van der Waals surface area contributed by atoms with Crippen molar-refractivity contribution in [3.8, 4) is 0 Å². The van der Waals surface area contributed by atoms with Crippen molar-refractivity contribution in [2.24, 2.45) is 0 Å². The van der Waals surface area contributed by atoms with Crippen molar-refractivity contribution in [1.29, 1.82) is 0 Å². The molecule has 0 radical (unpaired) electrons. The molecular weight excluding hydrogens is 330 g/mol. The predicted molar refractivity (Wildman–Crippen MR) is 100 cm³/mol. The number of carbonyl (C=O) groups is 1. The first kappa shape index (κ1) is 17.7. The lowest BCUT2D eigenvalue weighted by Gasteiger charge is -2.11. The Kier molecular flexibility index (Phi) is 5.66. The van der Waals surface area contributed by atoms with Gasteiger partial charge in [-0.25, -0.2) is 9.78 Å². The minimum atomic E-state index is -0.688. The number of esters is 1. The highest BCUT2D eigenvalue weighted by Gasteiger charge is 2.17. The Balaban J connectivity index is 1.79. The van der Waals surface area contributed by atoms with Crippen LogP contribution in [-0.4, -0.2) is 34.2 Å². The zero-order valence-electron chi connectivity index (χ0n) is 14.5. The van der Waals surface area contributed by atoms with Crippen LogP contribution < -0.4 is 5.32 Å². The van der Waals surface area contributed by atoms with Gasteiger partial charge in [-0.05, 0) is 24.6 Å². The zero-order chi connectivity index (χ0) is 18.4. The van der Waals surface area contributed by atoms with Gasteiger partial charge < -0.3 is 20.1 Å². The largest absolute Gasteiger partial charge is 0.462 e. The van der Waals surface area contributed by atoms with Crippen molar-refractivity contribution in [1.82, 2.24) is 15.3 Å². The fourth-order valence-electron chi connectivity index (χ4n) is 2.58. The molecule has 0 aliphatic carbocycles. The lowest BCUT2D eigenvalue weighted by Crippen LogP contribution is -2.19. The molecule has 3 N–H and O–H groups in total. The molecule has 6 nitrogen and oxygen atoms in total. The third-order valence-electron chi connectivity index (χ3n) is 3.88. The van der Waals surface area contributed by atoms with Gasteiger partial charge in [-0.1, -0.05) is 42.5 Å². The maximum Gasteiger partial charge on any atom is 0.343 e. The summed E-state index contributed by atoms with van der Waals surface area (Å²) >= 11 is 0. The van der Waals surface area contributed by atoms with Crippen molar-refractivity contribution in [2.75, 3.05) is 13.2 Å². The number of H-pyrrole nitrogens is 1. The maximum atomic E-state index is 12.3. The van der Waals surface area contributed by atoms with E-state index >= 15 is 0 Å². The number of benzene rings is 2. The first-order valence-corrected chi connectivity index (χ1v) is 8.48. The van der Waals surface area contributed by atoms with Crippen LogP contribution in [0.2, 0.25) is 0 Å². The lowest BCUT2D eigenvalue weighted by molar-refractivity contribution is -0.136. The molecule has 2 aromatic carbocycles. The smallest absolute Gasteiger partial charge is 0.343 e. The molecule has 3 aromatic rings. The Morgan fingerprint density at radius 2 is 1.96 bits per heavy atom. The molecule has 1 aromatic heterocycles. The maximum absolute atomic E-state index is 12.3. The minimum absolute atomic E-state index is 0.257. The summed E-state index contributed by atoms with van der Waals surface area (Å²) in [5.74, 6) is -0.0559. The number of rotatable bonds is 7. The van der Waals surface area contributed by atoms with E-state index in [1.54, 1.807) is 6.92 Å². The predicted octanol–water partition coefficient (Wildman–Crippen LogP) is 2.79. The first-order chi connectivity index (χ1) is 12.7. The Morgan fingerprint density at radius 3 is 2.69 bits per heavy atom. The van der Waals surface area contributed by atoms with Crippen LogP contribution in [0.4, 0.5) is 0 Å². The number of carbonyl (C=O) groups excluding carboxylic acids is 1. The number of hydrogen-bond acceptors (Lipinski definition) is 5. The summed E-state index contributed by atoms with van der Waals surface area (Å²) in [6, 6.07) is 16.9. The van der Waals surface area contributed by atoms with Gasteiger partial charge in [-0.3, -0.25) is 0 Å². The zero-order valence-corrected chi connectivity index (χ0v) is 14.5. The topological polar surface area (TPSA) is 87.2 Å². The van der Waals surface area contributed by atoms with Crippen LogP contribution in [0.25, 0.3) is 16.6 Å². The third-order valence-corrected chi connectivity index (χ3v) is 3.88. The number of imidazole rings is 1. The number of aliphatic hydroxyl groups is 1. The van der Waals surface area contributed by atoms with Crippen LogP contribution in [0.5, 0.6) is 0 Å². The van der Waals surface area contributed by atoms with E-state index in [2.05, 4.69) is 15.3 Å². The third kappa shape index (κ3) is 4.10. The lowest BCUT2D eigenvalue weighted by atomic mass is 10.1. The summed E-state index contributed by atoms with van der Waals surface area (Å²) in [4.78, 5) is 19.9. The quantitative estimate of drug-likeness (QED) is 0.450. The number of nitrogens with zero attached hydrogens (tertiary/aromatic N) is 1. The Bertz CT molecular complexity index is 870. The van der Waals surface area contributed by atoms with E-state index in [1.165, 1.54) is 6.20 Å². The average molecular weight is 351 g/mol. The molecule has 0 aliphatic heterocycles. The average Bonchev–Trinajstić information content (AvgIpc) is 3.09. The molecule has 6 heteroatoms. The first-order valence-electron chi connectivity index (χ1n) is 8.48. The molecule has 0 amide bonds. The van der Waals surface area contributed by atoms with E-state index in [0.717, 1.165) is 16.6 Å². The van der Waals surface area contributed by atoms with Gasteiger partial charge in [-0.2, -0.15) is 0 Å². The molecule has 26 heavy (non-hydrogen) atoms. The molecular formula is C20H21N3O3. The van der Waals surface area contributed by atoms with Gasteiger partial charge in [0.25, 0.3) is 0 Å². The van der Waals surface area contributed by atoms with Crippen molar-refractivity contribution < 1.29 is 14.6 Å². The standard InChI is InChI=1S/C20H21N3O3/c1-2-26-20(25)15(19-22-16-10-6-7-11-17(16)23-19)12-21-13-18(24)14-8-4-3-5-9-14/h3-12,18,21,24H,2,13H2,1H3,(H,22,23)/b15-12-. The molecule has 1 unspecified atom stereocenters. The van der Waals surface area contributed by atoms with Crippen molar-refractivity contribution in [3.63, 3.8) is 0 Å². The molecule has 1 atom stereocenters. The Hall–Kier alpha value is -3.12. The second-order valence-electron chi connectivity index (χ2n) is 5.72. The summed E-state index contributed by atoms with van der Waals surface area (Å²) in [5, 5.41) is 13.2. The van der Waals surface area contributed by atoms with Crippen molar-refractivity contribution in [2.45, 2.75) is 13.0 Å². The number of hydrogen-bond donors (Lipinski definition) is 3. The van der Waals surface area contributed by atoms with Gasteiger partial charge in [0.15, 0.2) is 0 Å². The molecule has 0 bridgehead atoms. The number of aromatic nitrogens is 2. The SMILES string of the molecule is CCOC(=O)/C(=C\NCC(O)c1ccccc1)c1nc2ccccc2[nH]1.